The van der Waals surface area contributed by atoms with Gasteiger partial charge in [-0.2, -0.15) is 0 Å². The number of rotatable bonds is 0. The minimum Gasteiger partial charge on any atom is -0.506 e. The van der Waals surface area contributed by atoms with E-state index in [2.05, 4.69) is 9.97 Å². The summed E-state index contributed by atoms with van der Waals surface area (Å²) < 4.78 is 0. The van der Waals surface area contributed by atoms with Crippen LogP contribution >= 0.6 is 0 Å². The van der Waals surface area contributed by atoms with E-state index in [4.69, 9.17) is 0 Å². The second-order valence-corrected chi connectivity index (χ2v) is 2.51. The number of H-pyrrole nitrogens is 1. The molecule has 2 aromatic heterocycles. The van der Waals surface area contributed by atoms with Gasteiger partial charge in [-0.25, -0.2) is 4.98 Å². The van der Waals surface area contributed by atoms with Crippen molar-refractivity contribution in [2.45, 2.75) is 6.92 Å². The van der Waals surface area contributed by atoms with E-state index in [1.807, 2.05) is 6.07 Å². The molecule has 0 atom stereocenters. The summed E-state index contributed by atoms with van der Waals surface area (Å²) in [7, 11) is 0. The molecule has 2 rings (SSSR count). The van der Waals surface area contributed by atoms with Crippen LogP contribution in [0.5, 0.6) is 5.75 Å². The fourth-order valence-electron chi connectivity index (χ4n) is 1.06. The lowest BCUT2D eigenvalue weighted by Crippen LogP contribution is -1.82. The lowest BCUT2D eigenvalue weighted by Gasteiger charge is -1.95. The first-order valence-electron chi connectivity index (χ1n) is 3.41. The maximum absolute atomic E-state index is 9.26. The molecule has 0 aromatic carbocycles. The largest absolute Gasteiger partial charge is 0.506 e. The number of aromatic hydroxyl groups is 1. The molecule has 2 N–H and O–H groups in total. The molecule has 56 valence electrons. The molecule has 3 nitrogen and oxygen atoms in total. The van der Waals surface area contributed by atoms with Crippen molar-refractivity contribution in [2.24, 2.45) is 0 Å². The minimum atomic E-state index is 0.247. The van der Waals surface area contributed by atoms with E-state index in [-0.39, 0.29) is 5.75 Å². The van der Waals surface area contributed by atoms with Gasteiger partial charge in [0.05, 0.1) is 5.69 Å². The van der Waals surface area contributed by atoms with Gasteiger partial charge in [-0.05, 0) is 19.1 Å². The van der Waals surface area contributed by atoms with Crippen LogP contribution in [0.3, 0.4) is 0 Å². The normalized spacial score (nSPS) is 10.6. The molecule has 0 fully saturated rings. The Kier molecular flexibility index (Phi) is 1.12. The third-order valence-corrected chi connectivity index (χ3v) is 1.70. The third-order valence-electron chi connectivity index (χ3n) is 1.70. The van der Waals surface area contributed by atoms with Crippen LogP contribution in [0, 0.1) is 6.92 Å². The van der Waals surface area contributed by atoms with E-state index in [0.717, 1.165) is 11.0 Å². The van der Waals surface area contributed by atoms with Crippen LogP contribution in [-0.4, -0.2) is 15.1 Å². The smallest absolute Gasteiger partial charge is 0.137 e. The Labute approximate surface area is 63.7 Å². The third kappa shape index (κ3) is 0.852. The Morgan fingerprint density at radius 3 is 3.18 bits per heavy atom. The van der Waals surface area contributed by atoms with E-state index in [0.29, 0.717) is 5.69 Å². The van der Waals surface area contributed by atoms with E-state index in [1.54, 1.807) is 19.2 Å². The zero-order valence-electron chi connectivity index (χ0n) is 6.13. The summed E-state index contributed by atoms with van der Waals surface area (Å²) in [6.07, 6.45) is 1.80. The van der Waals surface area contributed by atoms with Gasteiger partial charge < -0.3 is 10.1 Å². The van der Waals surface area contributed by atoms with Crippen molar-refractivity contribution >= 4 is 11.0 Å². The molecular formula is C8H8N2O. The zero-order chi connectivity index (χ0) is 7.84. The van der Waals surface area contributed by atoms with E-state index < -0.39 is 0 Å². The summed E-state index contributed by atoms with van der Waals surface area (Å²) in [6, 6.07) is 3.58. The van der Waals surface area contributed by atoms with Crippen molar-refractivity contribution in [1.82, 2.24) is 9.97 Å². The van der Waals surface area contributed by atoms with Crippen molar-refractivity contribution < 1.29 is 5.11 Å². The first-order valence-corrected chi connectivity index (χ1v) is 3.41. The van der Waals surface area contributed by atoms with Crippen LogP contribution in [0.15, 0.2) is 18.3 Å². The molecule has 0 amide bonds. The number of hydrogen-bond acceptors (Lipinski definition) is 2. The molecule has 2 aromatic rings. The molecule has 11 heavy (non-hydrogen) atoms. The summed E-state index contributed by atoms with van der Waals surface area (Å²) in [5.74, 6) is 0.247. The second-order valence-electron chi connectivity index (χ2n) is 2.51. The first kappa shape index (κ1) is 6.22. The standard InChI is InChI=1S/C8H8N2O/c1-5-7(11)4-6-2-3-9-8(6)10-5/h2-4,11H,1H3,(H,9,10). The molecule has 2 heterocycles. The number of aromatic amines is 1. The van der Waals surface area contributed by atoms with Crippen LogP contribution in [-0.2, 0) is 0 Å². The summed E-state index contributed by atoms with van der Waals surface area (Å²) in [4.78, 5) is 7.10. The zero-order valence-corrected chi connectivity index (χ0v) is 6.13. The average Bonchev–Trinajstić information content (AvgIpc) is 2.36. The highest BCUT2D eigenvalue weighted by atomic mass is 16.3. The van der Waals surface area contributed by atoms with Crippen LogP contribution in [0.25, 0.3) is 11.0 Å². The number of aryl methyl sites for hydroxylation is 1. The number of pyridine rings is 1. The number of fused-ring (bicyclic) bond motifs is 1. The van der Waals surface area contributed by atoms with Crippen molar-refractivity contribution in [3.63, 3.8) is 0 Å². The Balaban J connectivity index is 2.86. The number of aromatic nitrogens is 2. The van der Waals surface area contributed by atoms with Gasteiger partial charge in [0.1, 0.15) is 11.4 Å². The molecule has 0 aliphatic carbocycles. The van der Waals surface area contributed by atoms with Crippen molar-refractivity contribution in [3.05, 3.63) is 24.0 Å². The molecule has 0 aliphatic heterocycles. The van der Waals surface area contributed by atoms with Crippen LogP contribution in [0.2, 0.25) is 0 Å². The van der Waals surface area contributed by atoms with Gasteiger partial charge in [0.25, 0.3) is 0 Å². The molecule has 0 saturated carbocycles. The van der Waals surface area contributed by atoms with Gasteiger partial charge in [0.2, 0.25) is 0 Å². The van der Waals surface area contributed by atoms with Gasteiger partial charge in [-0.1, -0.05) is 0 Å². The Morgan fingerprint density at radius 1 is 1.55 bits per heavy atom. The molecule has 0 spiro atoms. The van der Waals surface area contributed by atoms with Gasteiger partial charge in [0.15, 0.2) is 0 Å². The summed E-state index contributed by atoms with van der Waals surface area (Å²) in [6.45, 7) is 1.77. The minimum absolute atomic E-state index is 0.247. The topological polar surface area (TPSA) is 48.9 Å². The highest BCUT2D eigenvalue weighted by Crippen LogP contribution is 2.19. The monoisotopic (exact) mass is 148 g/mol. The predicted octanol–water partition coefficient (Wildman–Crippen LogP) is 1.58. The van der Waals surface area contributed by atoms with E-state index >= 15 is 0 Å². The highest BCUT2D eigenvalue weighted by molar-refractivity contribution is 5.77. The molecule has 0 unspecified atom stereocenters. The fraction of sp³-hybridized carbons (Fsp3) is 0.125. The average molecular weight is 148 g/mol. The van der Waals surface area contributed by atoms with E-state index in [1.165, 1.54) is 0 Å². The van der Waals surface area contributed by atoms with Gasteiger partial charge >= 0.3 is 0 Å². The SMILES string of the molecule is Cc1nc2[nH]ccc2cc1O. The summed E-state index contributed by atoms with van der Waals surface area (Å²) >= 11 is 0. The maximum atomic E-state index is 9.26. The molecule has 0 radical (unpaired) electrons. The summed E-state index contributed by atoms with van der Waals surface area (Å²) in [5.41, 5.74) is 1.47. The second kappa shape index (κ2) is 1.99. The number of nitrogens with one attached hydrogen (secondary N) is 1. The Bertz CT molecular complexity index is 356. The van der Waals surface area contributed by atoms with Crippen LogP contribution in [0.1, 0.15) is 5.69 Å². The molecular weight excluding hydrogens is 140 g/mol. The Hall–Kier alpha value is -1.51. The van der Waals surface area contributed by atoms with Crippen molar-refractivity contribution in [2.75, 3.05) is 0 Å². The molecule has 0 saturated heterocycles. The predicted molar refractivity (Wildman–Crippen MR) is 42.5 cm³/mol. The fourth-order valence-corrected chi connectivity index (χ4v) is 1.06. The lowest BCUT2D eigenvalue weighted by atomic mass is 10.3. The van der Waals surface area contributed by atoms with Gasteiger partial charge in [-0.3, -0.25) is 0 Å². The van der Waals surface area contributed by atoms with E-state index in [9.17, 15) is 5.11 Å². The van der Waals surface area contributed by atoms with Gasteiger partial charge in [0, 0.05) is 11.6 Å². The highest BCUT2D eigenvalue weighted by Gasteiger charge is 2.00. The van der Waals surface area contributed by atoms with Crippen molar-refractivity contribution in [1.29, 1.82) is 0 Å². The molecule has 3 heteroatoms. The van der Waals surface area contributed by atoms with Gasteiger partial charge in [-0.15, -0.1) is 0 Å². The van der Waals surface area contributed by atoms with Crippen molar-refractivity contribution in [3.8, 4) is 5.75 Å². The Morgan fingerprint density at radius 2 is 2.36 bits per heavy atom. The first-order chi connectivity index (χ1) is 5.27. The molecule has 0 bridgehead atoms. The number of hydrogen-bond donors (Lipinski definition) is 2. The molecule has 0 aliphatic rings. The summed E-state index contributed by atoms with van der Waals surface area (Å²) in [5, 5.41) is 10.2. The number of nitrogens with zero attached hydrogens (tertiary/aromatic N) is 1. The van der Waals surface area contributed by atoms with Crippen LogP contribution in [0.4, 0.5) is 0 Å². The lowest BCUT2D eigenvalue weighted by molar-refractivity contribution is 0.469. The maximum Gasteiger partial charge on any atom is 0.137 e. The quantitative estimate of drug-likeness (QED) is 0.595. The van der Waals surface area contributed by atoms with Crippen LogP contribution < -0.4 is 0 Å².